The molecule has 4 aromatic rings. The number of non-ortho nitro benzene ring substituents is 1. The molecule has 0 amide bonds. The molecule has 5 rings (SSSR count). The molecule has 0 saturated carbocycles. The van der Waals surface area contributed by atoms with Crippen LogP contribution in [0, 0.1) is 17.0 Å². The van der Waals surface area contributed by atoms with E-state index in [-0.39, 0.29) is 24.6 Å². The maximum absolute atomic E-state index is 13.5. The van der Waals surface area contributed by atoms with E-state index >= 15 is 0 Å². The average Bonchev–Trinajstić information content (AvgIpc) is 2.83. The van der Waals surface area contributed by atoms with E-state index in [0.29, 0.717) is 38.7 Å². The van der Waals surface area contributed by atoms with Crippen LogP contribution in [0.5, 0.6) is 5.75 Å². The maximum atomic E-state index is 13.5. The summed E-state index contributed by atoms with van der Waals surface area (Å²) in [5.74, 6) is 0.922. The van der Waals surface area contributed by atoms with Gasteiger partial charge in [0.1, 0.15) is 5.75 Å². The molecular weight excluding hydrogens is 442 g/mol. The Hall–Kier alpha value is -3.69. The highest BCUT2D eigenvalue weighted by atomic mass is 32.2. The summed E-state index contributed by atoms with van der Waals surface area (Å²) in [5.41, 5.74) is 3.38. The minimum atomic E-state index is -0.430. The molecule has 0 N–H and O–H groups in total. The molecule has 1 aliphatic heterocycles. The Bertz CT molecular complexity index is 1450. The monoisotopic (exact) mass is 461 g/mol. The van der Waals surface area contributed by atoms with Gasteiger partial charge in [-0.1, -0.05) is 42.1 Å². The Kier molecular flexibility index (Phi) is 5.57. The molecule has 8 nitrogen and oxygen atoms in total. The van der Waals surface area contributed by atoms with Crippen LogP contribution in [0.2, 0.25) is 0 Å². The minimum absolute atomic E-state index is 0.0267. The molecule has 1 aliphatic rings. The molecule has 0 fully saturated rings. The Balaban J connectivity index is 1.63. The summed E-state index contributed by atoms with van der Waals surface area (Å²) in [7, 11) is 0. The molecule has 3 aromatic carbocycles. The lowest BCUT2D eigenvalue weighted by molar-refractivity contribution is -0.385. The van der Waals surface area contributed by atoms with Gasteiger partial charge in [0.05, 0.1) is 28.1 Å². The first kappa shape index (κ1) is 21.2. The molecule has 0 saturated heterocycles. The lowest BCUT2D eigenvalue weighted by Gasteiger charge is -2.21. The fourth-order valence-electron chi connectivity index (χ4n) is 3.87. The van der Waals surface area contributed by atoms with Crippen molar-refractivity contribution in [3.63, 3.8) is 0 Å². The second-order valence-electron chi connectivity index (χ2n) is 7.59. The molecule has 9 heteroatoms. The van der Waals surface area contributed by atoms with Crippen molar-refractivity contribution in [3.8, 4) is 11.4 Å². The Labute approximate surface area is 192 Å². The van der Waals surface area contributed by atoms with Crippen molar-refractivity contribution in [3.05, 3.63) is 97.8 Å². The average molecular weight is 461 g/mol. The van der Waals surface area contributed by atoms with Crippen LogP contribution in [0.25, 0.3) is 16.6 Å². The van der Waals surface area contributed by atoms with Gasteiger partial charge in [0.2, 0.25) is 0 Å². The van der Waals surface area contributed by atoms with E-state index in [1.807, 2.05) is 43.3 Å². The molecular formula is C24H19N3O5S. The van der Waals surface area contributed by atoms with Crippen LogP contribution in [0.15, 0.2) is 70.6 Å². The minimum Gasteiger partial charge on any atom is -0.467 e. The smallest absolute Gasteiger partial charge is 0.270 e. The van der Waals surface area contributed by atoms with E-state index in [0.717, 1.165) is 11.3 Å². The van der Waals surface area contributed by atoms with E-state index in [1.54, 1.807) is 16.7 Å². The van der Waals surface area contributed by atoms with Gasteiger partial charge in [-0.05, 0) is 30.7 Å². The van der Waals surface area contributed by atoms with E-state index in [1.165, 1.54) is 23.9 Å². The number of nitrogens with zero attached hydrogens (tertiary/aromatic N) is 3. The van der Waals surface area contributed by atoms with Crippen LogP contribution in [0.1, 0.15) is 16.7 Å². The topological polar surface area (TPSA) is 96.5 Å². The van der Waals surface area contributed by atoms with Crippen molar-refractivity contribution in [2.24, 2.45) is 0 Å². The van der Waals surface area contributed by atoms with Crippen LogP contribution in [-0.4, -0.2) is 21.3 Å². The maximum Gasteiger partial charge on any atom is 0.270 e. The van der Waals surface area contributed by atoms with E-state index in [2.05, 4.69) is 0 Å². The van der Waals surface area contributed by atoms with Crippen molar-refractivity contribution in [1.29, 1.82) is 0 Å². The summed E-state index contributed by atoms with van der Waals surface area (Å²) < 4.78 is 12.6. The summed E-state index contributed by atoms with van der Waals surface area (Å²) in [4.78, 5) is 29.2. The number of aryl methyl sites for hydroxylation is 1. The van der Waals surface area contributed by atoms with Gasteiger partial charge in [-0.3, -0.25) is 19.5 Å². The number of aromatic nitrogens is 2. The lowest BCUT2D eigenvalue weighted by atomic mass is 10.1. The van der Waals surface area contributed by atoms with Crippen molar-refractivity contribution in [2.75, 3.05) is 6.79 Å². The number of fused-ring (bicyclic) bond motifs is 2. The Morgan fingerprint density at radius 3 is 2.76 bits per heavy atom. The molecule has 0 spiro atoms. The second kappa shape index (κ2) is 8.68. The molecule has 33 heavy (non-hydrogen) atoms. The standard InChI is InChI=1S/C24H19N3O5S/c1-15-6-2-5-9-21(15)26-23(28)19-7-3-4-8-20(19)25-24(26)33-13-17-11-18(27(29)30)10-16-12-31-14-32-22(16)17/h2-11H,12-14H2,1H3. The van der Waals surface area contributed by atoms with Crippen molar-refractivity contribution < 1.29 is 14.4 Å². The fraction of sp³-hybridized carbons (Fsp3) is 0.167. The zero-order valence-corrected chi connectivity index (χ0v) is 18.5. The van der Waals surface area contributed by atoms with Gasteiger partial charge in [-0.15, -0.1) is 0 Å². The molecule has 0 bridgehead atoms. The molecule has 0 unspecified atom stereocenters. The summed E-state index contributed by atoms with van der Waals surface area (Å²) in [6, 6.07) is 17.8. The third kappa shape index (κ3) is 3.96. The SMILES string of the molecule is Cc1ccccc1-n1c(SCc2cc([N+](=O)[O-])cc3c2OCOC3)nc2ccccc2c1=O. The molecule has 0 aliphatic carbocycles. The van der Waals surface area contributed by atoms with Crippen molar-refractivity contribution >= 4 is 28.4 Å². The predicted octanol–water partition coefficient (Wildman–Crippen LogP) is 4.76. The Morgan fingerprint density at radius 2 is 1.94 bits per heavy atom. The van der Waals surface area contributed by atoms with Crippen LogP contribution in [0.4, 0.5) is 5.69 Å². The first-order chi connectivity index (χ1) is 16.0. The third-order valence-electron chi connectivity index (χ3n) is 5.44. The fourth-order valence-corrected chi connectivity index (χ4v) is 4.84. The number of thioether (sulfide) groups is 1. The summed E-state index contributed by atoms with van der Waals surface area (Å²) in [5, 5.41) is 12.5. The number of nitro groups is 1. The highest BCUT2D eigenvalue weighted by Gasteiger charge is 2.22. The predicted molar refractivity (Wildman–Crippen MR) is 125 cm³/mol. The lowest BCUT2D eigenvalue weighted by Crippen LogP contribution is -2.22. The van der Waals surface area contributed by atoms with Crippen LogP contribution >= 0.6 is 11.8 Å². The highest BCUT2D eigenvalue weighted by molar-refractivity contribution is 7.98. The van der Waals surface area contributed by atoms with Gasteiger partial charge in [0.15, 0.2) is 11.9 Å². The number of hydrogen-bond acceptors (Lipinski definition) is 7. The number of rotatable bonds is 5. The van der Waals surface area contributed by atoms with Gasteiger partial charge in [-0.2, -0.15) is 0 Å². The highest BCUT2D eigenvalue weighted by Crippen LogP contribution is 2.36. The molecule has 2 heterocycles. The van der Waals surface area contributed by atoms with E-state index in [9.17, 15) is 14.9 Å². The summed E-state index contributed by atoms with van der Waals surface area (Å²) in [6.45, 7) is 2.28. The van der Waals surface area contributed by atoms with Crippen LogP contribution in [-0.2, 0) is 17.1 Å². The number of hydrogen-bond donors (Lipinski definition) is 0. The molecule has 0 radical (unpaired) electrons. The van der Waals surface area contributed by atoms with Gasteiger partial charge in [-0.25, -0.2) is 4.98 Å². The quantitative estimate of drug-likeness (QED) is 0.183. The number of benzene rings is 3. The van der Waals surface area contributed by atoms with Crippen LogP contribution < -0.4 is 10.3 Å². The number of ether oxygens (including phenoxy) is 2. The van der Waals surface area contributed by atoms with Gasteiger partial charge in [0.25, 0.3) is 11.2 Å². The van der Waals surface area contributed by atoms with Crippen molar-refractivity contribution in [2.45, 2.75) is 24.4 Å². The van der Waals surface area contributed by atoms with E-state index < -0.39 is 4.92 Å². The molecule has 0 atom stereocenters. The van der Waals surface area contributed by atoms with Gasteiger partial charge >= 0.3 is 0 Å². The molecule has 166 valence electrons. The van der Waals surface area contributed by atoms with Crippen molar-refractivity contribution in [1.82, 2.24) is 9.55 Å². The molecule has 1 aromatic heterocycles. The number of nitro benzene ring substituents is 1. The second-order valence-corrected chi connectivity index (χ2v) is 8.53. The normalized spacial score (nSPS) is 12.9. The zero-order valence-electron chi connectivity index (χ0n) is 17.7. The number of para-hydroxylation sites is 2. The van der Waals surface area contributed by atoms with Gasteiger partial charge in [0, 0.05) is 29.0 Å². The Morgan fingerprint density at radius 1 is 1.15 bits per heavy atom. The third-order valence-corrected chi connectivity index (χ3v) is 6.43. The first-order valence-corrected chi connectivity index (χ1v) is 11.2. The summed E-state index contributed by atoms with van der Waals surface area (Å²) in [6.07, 6.45) is 0. The zero-order chi connectivity index (χ0) is 22.9. The first-order valence-electron chi connectivity index (χ1n) is 10.2. The largest absolute Gasteiger partial charge is 0.467 e. The summed E-state index contributed by atoms with van der Waals surface area (Å²) >= 11 is 1.33. The van der Waals surface area contributed by atoms with Crippen LogP contribution in [0.3, 0.4) is 0 Å². The van der Waals surface area contributed by atoms with Gasteiger partial charge < -0.3 is 9.47 Å². The van der Waals surface area contributed by atoms with E-state index in [4.69, 9.17) is 14.5 Å².